The van der Waals surface area contributed by atoms with Crippen LogP contribution in [0.2, 0.25) is 5.02 Å². The Morgan fingerprint density at radius 2 is 1.72 bits per heavy atom. The third-order valence-corrected chi connectivity index (χ3v) is 5.30. The largest absolute Gasteiger partial charge is 0.322 e. The normalized spacial score (nSPS) is 15.8. The Bertz CT molecular complexity index is 861. The molecule has 0 radical (unpaired) electrons. The van der Waals surface area contributed by atoms with Crippen molar-refractivity contribution in [1.29, 1.82) is 0 Å². The van der Waals surface area contributed by atoms with Crippen molar-refractivity contribution in [3.63, 3.8) is 0 Å². The number of piperidine rings is 1. The Labute approximate surface area is 154 Å². The van der Waals surface area contributed by atoms with Crippen LogP contribution in [-0.4, -0.2) is 27.5 Å². The molecule has 3 nitrogen and oxygen atoms in total. The number of aryl methyl sites for hydroxylation is 1. The number of nitrogens with zero attached hydrogens (tertiary/aromatic N) is 3. The van der Waals surface area contributed by atoms with Crippen molar-refractivity contribution in [2.45, 2.75) is 39.3 Å². The van der Waals surface area contributed by atoms with Gasteiger partial charge in [0.15, 0.2) is 0 Å². The van der Waals surface area contributed by atoms with Crippen molar-refractivity contribution in [1.82, 2.24) is 14.5 Å². The summed E-state index contributed by atoms with van der Waals surface area (Å²) in [6.45, 7) is 6.28. The third-order valence-electron chi connectivity index (χ3n) is 5.05. The second-order valence-corrected chi connectivity index (χ2v) is 7.51. The zero-order valence-electron chi connectivity index (χ0n) is 14.7. The maximum absolute atomic E-state index is 6.04. The molecule has 1 aliphatic rings. The minimum atomic E-state index is 0.781. The molecular formula is C21H24ClN3. The minimum Gasteiger partial charge on any atom is -0.322 e. The zero-order chi connectivity index (χ0) is 17.2. The van der Waals surface area contributed by atoms with Crippen LogP contribution in [0.3, 0.4) is 0 Å². The van der Waals surface area contributed by atoms with Gasteiger partial charge in [-0.3, -0.25) is 4.90 Å². The Morgan fingerprint density at radius 1 is 0.960 bits per heavy atom. The maximum atomic E-state index is 6.04. The average molecular weight is 354 g/mol. The number of hydrogen-bond acceptors (Lipinski definition) is 2. The van der Waals surface area contributed by atoms with Crippen molar-refractivity contribution < 1.29 is 0 Å². The van der Waals surface area contributed by atoms with Crippen LogP contribution >= 0.6 is 11.6 Å². The molecule has 4 heteroatoms. The molecule has 0 aliphatic carbocycles. The van der Waals surface area contributed by atoms with Gasteiger partial charge in [0.25, 0.3) is 0 Å². The first-order chi connectivity index (χ1) is 12.2. The van der Waals surface area contributed by atoms with Crippen LogP contribution in [0, 0.1) is 6.92 Å². The first-order valence-corrected chi connectivity index (χ1v) is 9.49. The van der Waals surface area contributed by atoms with Crippen LogP contribution in [-0.2, 0) is 13.1 Å². The molecule has 0 bridgehead atoms. The first kappa shape index (κ1) is 16.6. The molecular weight excluding hydrogens is 330 g/mol. The molecule has 25 heavy (non-hydrogen) atoms. The van der Waals surface area contributed by atoms with E-state index in [1.807, 2.05) is 12.1 Å². The van der Waals surface area contributed by atoms with Crippen LogP contribution in [0.4, 0.5) is 0 Å². The third kappa shape index (κ3) is 3.73. The molecule has 0 saturated carbocycles. The summed E-state index contributed by atoms with van der Waals surface area (Å²) in [5.41, 5.74) is 4.84. The molecule has 1 aliphatic heterocycles. The zero-order valence-corrected chi connectivity index (χ0v) is 15.5. The van der Waals surface area contributed by atoms with Crippen molar-refractivity contribution >= 4 is 22.6 Å². The molecule has 0 unspecified atom stereocenters. The number of imidazole rings is 1. The van der Waals surface area contributed by atoms with E-state index >= 15 is 0 Å². The fourth-order valence-corrected chi connectivity index (χ4v) is 3.80. The van der Waals surface area contributed by atoms with Gasteiger partial charge in [0, 0.05) is 11.6 Å². The number of hydrogen-bond donors (Lipinski definition) is 0. The maximum Gasteiger partial charge on any atom is 0.124 e. The van der Waals surface area contributed by atoms with Gasteiger partial charge in [0.1, 0.15) is 5.82 Å². The molecule has 0 amide bonds. The second kappa shape index (κ2) is 7.19. The van der Waals surface area contributed by atoms with Gasteiger partial charge >= 0.3 is 0 Å². The first-order valence-electron chi connectivity index (χ1n) is 9.11. The number of benzene rings is 2. The summed E-state index contributed by atoms with van der Waals surface area (Å²) in [5.74, 6) is 1.16. The molecule has 0 N–H and O–H groups in total. The van der Waals surface area contributed by atoms with Gasteiger partial charge < -0.3 is 4.57 Å². The molecule has 2 heterocycles. The summed E-state index contributed by atoms with van der Waals surface area (Å²) < 4.78 is 2.38. The van der Waals surface area contributed by atoms with Gasteiger partial charge in [-0.15, -0.1) is 0 Å². The standard InChI is InChI=1S/C21H24ClN3/c1-16-5-10-19-20(13-16)25(14-17-6-8-18(22)9-7-17)21(23-19)15-24-11-3-2-4-12-24/h5-10,13H,2-4,11-12,14-15H2,1H3. The van der Waals surface area contributed by atoms with Crippen molar-refractivity contribution in [3.8, 4) is 0 Å². The second-order valence-electron chi connectivity index (χ2n) is 7.07. The molecule has 2 aromatic carbocycles. The van der Waals surface area contributed by atoms with Gasteiger partial charge in [0.05, 0.1) is 17.6 Å². The Hall–Kier alpha value is -1.84. The number of rotatable bonds is 4. The lowest BCUT2D eigenvalue weighted by molar-refractivity contribution is 0.214. The van der Waals surface area contributed by atoms with Gasteiger partial charge in [-0.25, -0.2) is 4.98 Å². The van der Waals surface area contributed by atoms with Crippen molar-refractivity contribution in [2.75, 3.05) is 13.1 Å². The van der Waals surface area contributed by atoms with E-state index in [-0.39, 0.29) is 0 Å². The number of aromatic nitrogens is 2. The molecule has 1 fully saturated rings. The number of likely N-dealkylation sites (tertiary alicyclic amines) is 1. The highest BCUT2D eigenvalue weighted by Gasteiger charge is 2.16. The van der Waals surface area contributed by atoms with Crippen LogP contribution in [0.25, 0.3) is 11.0 Å². The van der Waals surface area contributed by atoms with Crippen LogP contribution in [0.1, 0.15) is 36.2 Å². The molecule has 1 aromatic heterocycles. The summed E-state index contributed by atoms with van der Waals surface area (Å²) in [6.07, 6.45) is 3.96. The fourth-order valence-electron chi connectivity index (χ4n) is 3.67. The van der Waals surface area contributed by atoms with Gasteiger partial charge in [-0.05, 0) is 68.2 Å². The molecule has 0 spiro atoms. The summed E-state index contributed by atoms with van der Waals surface area (Å²) in [5, 5.41) is 0.781. The minimum absolute atomic E-state index is 0.781. The topological polar surface area (TPSA) is 21.1 Å². The Balaban J connectivity index is 1.71. The van der Waals surface area contributed by atoms with Gasteiger partial charge in [0.2, 0.25) is 0 Å². The van der Waals surface area contributed by atoms with Gasteiger partial charge in [-0.2, -0.15) is 0 Å². The van der Waals surface area contributed by atoms with E-state index in [9.17, 15) is 0 Å². The SMILES string of the molecule is Cc1ccc2nc(CN3CCCCC3)n(Cc3ccc(Cl)cc3)c2c1. The Morgan fingerprint density at radius 3 is 2.48 bits per heavy atom. The predicted molar refractivity (Wildman–Crippen MR) is 104 cm³/mol. The molecule has 4 rings (SSSR count). The van der Waals surface area contributed by atoms with Crippen LogP contribution < -0.4 is 0 Å². The molecule has 0 atom stereocenters. The molecule has 1 saturated heterocycles. The molecule has 130 valence electrons. The van der Waals surface area contributed by atoms with Crippen molar-refractivity contribution in [2.24, 2.45) is 0 Å². The van der Waals surface area contributed by atoms with Crippen molar-refractivity contribution in [3.05, 3.63) is 64.4 Å². The van der Waals surface area contributed by atoms with Gasteiger partial charge in [-0.1, -0.05) is 36.2 Å². The Kier molecular flexibility index (Phi) is 4.78. The lowest BCUT2D eigenvalue weighted by atomic mass is 10.1. The fraction of sp³-hybridized carbons (Fsp3) is 0.381. The quantitative estimate of drug-likeness (QED) is 0.655. The summed E-state index contributed by atoms with van der Waals surface area (Å²) in [4.78, 5) is 7.49. The number of halogens is 1. The highest BCUT2D eigenvalue weighted by Crippen LogP contribution is 2.22. The van der Waals surface area contributed by atoms with Crippen LogP contribution in [0.15, 0.2) is 42.5 Å². The highest BCUT2D eigenvalue weighted by atomic mass is 35.5. The van der Waals surface area contributed by atoms with E-state index in [2.05, 4.69) is 46.7 Å². The van der Waals surface area contributed by atoms with E-state index < -0.39 is 0 Å². The van der Waals surface area contributed by atoms with E-state index in [0.29, 0.717) is 0 Å². The number of fused-ring (bicyclic) bond motifs is 1. The van der Waals surface area contributed by atoms with E-state index in [1.54, 1.807) is 0 Å². The lowest BCUT2D eigenvalue weighted by Crippen LogP contribution is -2.30. The smallest absolute Gasteiger partial charge is 0.124 e. The average Bonchev–Trinajstić information content (AvgIpc) is 2.94. The highest BCUT2D eigenvalue weighted by molar-refractivity contribution is 6.30. The summed E-state index contributed by atoms with van der Waals surface area (Å²) >= 11 is 6.04. The molecule has 3 aromatic rings. The monoisotopic (exact) mass is 353 g/mol. The summed E-state index contributed by atoms with van der Waals surface area (Å²) in [7, 11) is 0. The predicted octanol–water partition coefficient (Wildman–Crippen LogP) is 5.03. The van der Waals surface area contributed by atoms with E-state index in [0.717, 1.165) is 29.5 Å². The van der Waals surface area contributed by atoms with Crippen LogP contribution in [0.5, 0.6) is 0 Å². The van der Waals surface area contributed by atoms with E-state index in [4.69, 9.17) is 16.6 Å². The lowest BCUT2D eigenvalue weighted by Gasteiger charge is -2.26. The van der Waals surface area contributed by atoms with E-state index in [1.165, 1.54) is 49.0 Å². The summed E-state index contributed by atoms with van der Waals surface area (Å²) in [6, 6.07) is 14.7.